The van der Waals surface area contributed by atoms with Crippen molar-refractivity contribution >= 4 is 25.9 Å². The van der Waals surface area contributed by atoms with E-state index in [1.165, 1.54) is 0 Å². The third kappa shape index (κ3) is 6.61. The van der Waals surface area contributed by atoms with Crippen LogP contribution in [0.5, 0.6) is 0 Å². The molecule has 1 N–H and O–H groups in total. The van der Waals surface area contributed by atoms with Crippen molar-refractivity contribution in [2.75, 3.05) is 13.2 Å². The number of hydrogen-bond acceptors (Lipinski definition) is 5. The number of amides is 4. The van der Waals surface area contributed by atoms with Gasteiger partial charge in [-0.05, 0) is 37.3 Å². The molecule has 194 valence electrons. The summed E-state index contributed by atoms with van der Waals surface area (Å²) in [7, 11) is -1.17. The first kappa shape index (κ1) is 26.1. The van der Waals surface area contributed by atoms with E-state index in [1.807, 2.05) is 37.3 Å². The summed E-state index contributed by atoms with van der Waals surface area (Å²) in [6.07, 6.45) is 5.46. The molecule has 1 aromatic carbocycles. The number of imide groups is 1. The van der Waals surface area contributed by atoms with Crippen LogP contribution in [0, 0.1) is 5.92 Å². The third-order valence-corrected chi connectivity index (χ3v) is 8.54. The predicted molar refractivity (Wildman–Crippen MR) is 138 cm³/mol. The number of carbonyl (C=O) groups is 3. The molecule has 36 heavy (non-hydrogen) atoms. The van der Waals surface area contributed by atoms with Crippen molar-refractivity contribution in [1.29, 1.82) is 0 Å². The van der Waals surface area contributed by atoms with Crippen LogP contribution in [0.15, 0.2) is 42.7 Å². The van der Waals surface area contributed by atoms with E-state index in [2.05, 4.69) is 30.1 Å². The van der Waals surface area contributed by atoms with Crippen LogP contribution >= 0.6 is 0 Å². The normalized spacial score (nSPS) is 18.9. The molecule has 2 aliphatic rings. The lowest BCUT2D eigenvalue weighted by Crippen LogP contribution is -2.46. The molecule has 2 unspecified atom stereocenters. The highest BCUT2D eigenvalue weighted by molar-refractivity contribution is 6.76. The van der Waals surface area contributed by atoms with Crippen LogP contribution in [-0.2, 0) is 27.6 Å². The Bertz CT molecular complexity index is 1080. The molecule has 4 amide bonds. The van der Waals surface area contributed by atoms with Crippen LogP contribution in [0.4, 0.5) is 4.79 Å². The number of carbonyl (C=O) groups excluding carboxylic acids is 3. The molecule has 0 bridgehead atoms. The van der Waals surface area contributed by atoms with E-state index in [4.69, 9.17) is 4.74 Å². The van der Waals surface area contributed by atoms with Crippen molar-refractivity contribution in [3.8, 4) is 0 Å². The Labute approximate surface area is 213 Å². The second-order valence-corrected chi connectivity index (χ2v) is 16.7. The van der Waals surface area contributed by atoms with Gasteiger partial charge in [-0.1, -0.05) is 50.0 Å². The summed E-state index contributed by atoms with van der Waals surface area (Å²) in [5.41, 5.74) is 1.59. The van der Waals surface area contributed by atoms with Crippen LogP contribution in [0.3, 0.4) is 0 Å². The quantitative estimate of drug-likeness (QED) is 0.267. The van der Waals surface area contributed by atoms with Gasteiger partial charge in [-0.2, -0.15) is 5.10 Å². The molecule has 2 atom stereocenters. The Morgan fingerprint density at radius 3 is 2.61 bits per heavy atom. The number of benzene rings is 1. The maximum atomic E-state index is 13.4. The van der Waals surface area contributed by atoms with Gasteiger partial charge in [0.2, 0.25) is 5.91 Å². The zero-order valence-corrected chi connectivity index (χ0v) is 22.6. The second kappa shape index (κ2) is 11.0. The lowest BCUT2D eigenvalue weighted by molar-refractivity contribution is -0.139. The molecule has 2 aromatic rings. The summed E-state index contributed by atoms with van der Waals surface area (Å²) < 4.78 is 7.33. The molecule has 9 nitrogen and oxygen atoms in total. The van der Waals surface area contributed by atoms with Gasteiger partial charge in [0.15, 0.2) is 0 Å². The summed E-state index contributed by atoms with van der Waals surface area (Å²) in [4.78, 5) is 42.0. The molecule has 2 heterocycles. The van der Waals surface area contributed by atoms with Crippen molar-refractivity contribution in [3.05, 3.63) is 53.9 Å². The monoisotopic (exact) mass is 511 g/mol. The van der Waals surface area contributed by atoms with Gasteiger partial charge in [-0.25, -0.2) is 9.48 Å². The van der Waals surface area contributed by atoms with Crippen molar-refractivity contribution in [3.63, 3.8) is 0 Å². The van der Waals surface area contributed by atoms with Gasteiger partial charge in [-0.3, -0.25) is 14.5 Å². The fourth-order valence-corrected chi connectivity index (χ4v) is 5.09. The molecule has 0 radical (unpaired) electrons. The van der Waals surface area contributed by atoms with Crippen LogP contribution in [-0.4, -0.2) is 64.7 Å². The zero-order chi connectivity index (χ0) is 25.9. The molecule has 10 heteroatoms. The van der Waals surface area contributed by atoms with E-state index in [0.29, 0.717) is 24.6 Å². The Morgan fingerprint density at radius 2 is 1.94 bits per heavy atom. The van der Waals surface area contributed by atoms with E-state index in [-0.39, 0.29) is 25.2 Å². The van der Waals surface area contributed by atoms with Gasteiger partial charge >= 0.3 is 6.03 Å². The molecule has 1 aliphatic carbocycles. The van der Waals surface area contributed by atoms with E-state index in [9.17, 15) is 14.4 Å². The number of nitrogens with zero attached hydrogens (tertiary/aromatic N) is 4. The van der Waals surface area contributed by atoms with Gasteiger partial charge in [0.25, 0.3) is 5.91 Å². The summed E-state index contributed by atoms with van der Waals surface area (Å²) >= 11 is 0. The van der Waals surface area contributed by atoms with E-state index < -0.39 is 26.1 Å². The minimum atomic E-state index is -1.17. The smallest absolute Gasteiger partial charge is 0.325 e. The number of rotatable bonds is 12. The molecular weight excluding hydrogens is 474 g/mol. The Morgan fingerprint density at radius 1 is 1.22 bits per heavy atom. The van der Waals surface area contributed by atoms with Gasteiger partial charge in [0.05, 0.1) is 6.20 Å². The average molecular weight is 512 g/mol. The van der Waals surface area contributed by atoms with Crippen LogP contribution in [0.25, 0.3) is 0 Å². The maximum absolute atomic E-state index is 13.4. The van der Waals surface area contributed by atoms with E-state index in [1.54, 1.807) is 22.0 Å². The number of ether oxygens (including phenoxy) is 1. The zero-order valence-electron chi connectivity index (χ0n) is 21.6. The van der Waals surface area contributed by atoms with Gasteiger partial charge in [0.1, 0.15) is 19.3 Å². The van der Waals surface area contributed by atoms with Gasteiger partial charge < -0.3 is 15.0 Å². The lowest BCUT2D eigenvalue weighted by atomic mass is 10.1. The summed E-state index contributed by atoms with van der Waals surface area (Å²) in [5.74, 6) is -0.201. The van der Waals surface area contributed by atoms with Crippen molar-refractivity contribution < 1.29 is 19.1 Å². The van der Waals surface area contributed by atoms with Crippen LogP contribution in [0.2, 0.25) is 25.7 Å². The average Bonchev–Trinajstić information content (AvgIpc) is 3.52. The Hall–Kier alpha value is -2.98. The van der Waals surface area contributed by atoms with E-state index >= 15 is 0 Å². The molecule has 4 rings (SSSR count). The first-order chi connectivity index (χ1) is 17.1. The number of nitrogens with one attached hydrogen (secondary N) is 1. The Kier molecular flexibility index (Phi) is 7.94. The molecule has 1 saturated heterocycles. The van der Waals surface area contributed by atoms with Crippen molar-refractivity contribution in [2.24, 2.45) is 5.92 Å². The largest absolute Gasteiger partial charge is 0.360 e. The molecule has 2 fully saturated rings. The highest BCUT2D eigenvalue weighted by Crippen LogP contribution is 2.36. The lowest BCUT2D eigenvalue weighted by Gasteiger charge is -2.30. The number of hydrogen-bond donors (Lipinski definition) is 1. The van der Waals surface area contributed by atoms with Crippen LogP contribution in [0.1, 0.15) is 36.9 Å². The van der Waals surface area contributed by atoms with E-state index in [0.717, 1.165) is 29.3 Å². The fourth-order valence-electron chi connectivity index (χ4n) is 4.33. The SMILES string of the molecule is CC(C1CC1)N(Cc1ccccc1)C(=O)CN1C(=O)NC(c2cnn(COCC[Si](C)(C)C)c2)C1=O. The minimum absolute atomic E-state index is 0.0495. The maximum Gasteiger partial charge on any atom is 0.325 e. The summed E-state index contributed by atoms with van der Waals surface area (Å²) in [5, 5.41) is 6.98. The van der Waals surface area contributed by atoms with Crippen molar-refractivity contribution in [1.82, 2.24) is 24.9 Å². The number of aromatic nitrogens is 2. The summed E-state index contributed by atoms with van der Waals surface area (Å²) in [6, 6.07) is 9.48. The molecule has 1 saturated carbocycles. The van der Waals surface area contributed by atoms with Gasteiger partial charge in [0, 0.05) is 39.0 Å². The van der Waals surface area contributed by atoms with Crippen LogP contribution < -0.4 is 5.32 Å². The minimum Gasteiger partial charge on any atom is -0.360 e. The first-order valence-corrected chi connectivity index (χ1v) is 16.4. The highest BCUT2D eigenvalue weighted by Gasteiger charge is 2.42. The molecule has 1 aliphatic heterocycles. The third-order valence-electron chi connectivity index (χ3n) is 6.84. The first-order valence-electron chi connectivity index (χ1n) is 12.7. The second-order valence-electron chi connectivity index (χ2n) is 11.1. The molecule has 0 spiro atoms. The molecule has 1 aromatic heterocycles. The molecular formula is C26H37N5O4Si. The fraction of sp³-hybridized carbons (Fsp3) is 0.538. The van der Waals surface area contributed by atoms with Gasteiger partial charge in [-0.15, -0.1) is 0 Å². The summed E-state index contributed by atoms with van der Waals surface area (Å²) in [6.45, 7) is 10.1. The standard InChI is InChI=1S/C26H37N5O4Si/c1-19(21-10-11-21)30(15-20-8-6-5-7-9-20)23(32)17-31-25(33)24(28-26(31)34)22-14-27-29(16-22)18-35-12-13-36(2,3)4/h5-9,14,16,19,21,24H,10-13,15,17-18H2,1-4H3,(H,28,34). The Balaban J connectivity index is 1.37. The topological polar surface area (TPSA) is 96.8 Å². The van der Waals surface area contributed by atoms with Crippen molar-refractivity contribution in [2.45, 2.75) is 70.8 Å². The number of urea groups is 1. The highest BCUT2D eigenvalue weighted by atomic mass is 28.3. The predicted octanol–water partition coefficient (Wildman–Crippen LogP) is 3.62.